The van der Waals surface area contributed by atoms with Crippen molar-refractivity contribution in [1.82, 2.24) is 4.98 Å². The highest BCUT2D eigenvalue weighted by Gasteiger charge is 2.38. The van der Waals surface area contributed by atoms with Crippen molar-refractivity contribution in [3.05, 3.63) is 0 Å². The van der Waals surface area contributed by atoms with Gasteiger partial charge in [0.1, 0.15) is 0 Å². The minimum atomic E-state index is -2.37. The fourth-order valence-corrected chi connectivity index (χ4v) is 18.8. The summed E-state index contributed by atoms with van der Waals surface area (Å²) < 4.78 is 30.0. The Balaban J connectivity index is 2.73. The second-order valence-electron chi connectivity index (χ2n) is 4.79. The molecule has 4 atom stereocenters. The van der Waals surface area contributed by atoms with Crippen LogP contribution in [0.15, 0.2) is 0 Å². The van der Waals surface area contributed by atoms with E-state index in [4.69, 9.17) is 20.6 Å². The largest absolute Gasteiger partial charge is 0.420 e. The molecule has 0 bridgehead atoms. The van der Waals surface area contributed by atoms with Gasteiger partial charge in [0.05, 0.1) is 0 Å². The molecule has 0 radical (unpaired) electrons. The lowest BCUT2D eigenvalue weighted by molar-refractivity contribution is 0.270. The molecular formula is C8H27NO5Si5. The van der Waals surface area contributed by atoms with Crippen LogP contribution in [0, 0.1) is 0 Å². The normalized spacial score (nSPS) is 42.0. The fraction of sp³-hybridized carbons (Fsp3) is 1.00. The summed E-state index contributed by atoms with van der Waals surface area (Å²) in [5.74, 6) is 0. The molecule has 1 heterocycles. The molecular weight excluding hydrogens is 331 g/mol. The Labute approximate surface area is 124 Å². The zero-order chi connectivity index (χ0) is 14.5. The third-order valence-corrected chi connectivity index (χ3v) is 19.0. The summed E-state index contributed by atoms with van der Waals surface area (Å²) in [4.78, 5) is 3.45. The minimum absolute atomic E-state index is 0.904. The van der Waals surface area contributed by atoms with Gasteiger partial charge in [0.2, 0.25) is 0 Å². The van der Waals surface area contributed by atoms with Crippen LogP contribution in [0.4, 0.5) is 0 Å². The molecule has 1 rings (SSSR count). The van der Waals surface area contributed by atoms with E-state index in [0.29, 0.717) is 0 Å². The van der Waals surface area contributed by atoms with Crippen molar-refractivity contribution in [2.24, 2.45) is 0 Å². The molecule has 0 aromatic rings. The van der Waals surface area contributed by atoms with Gasteiger partial charge in [-0.1, -0.05) is 6.92 Å². The van der Waals surface area contributed by atoms with E-state index in [2.05, 4.69) is 31.5 Å². The molecule has 6 nitrogen and oxygen atoms in total. The summed E-state index contributed by atoms with van der Waals surface area (Å²) >= 11 is 0. The molecule has 1 aliphatic heterocycles. The van der Waals surface area contributed by atoms with E-state index in [1.54, 1.807) is 0 Å². The lowest BCUT2D eigenvalue weighted by atomic mass is 10.5. The first-order valence-corrected chi connectivity index (χ1v) is 17.6. The van der Waals surface area contributed by atoms with E-state index in [1.807, 2.05) is 13.1 Å². The van der Waals surface area contributed by atoms with E-state index in [9.17, 15) is 0 Å². The molecule has 0 aromatic heterocycles. The van der Waals surface area contributed by atoms with E-state index >= 15 is 0 Å². The second kappa shape index (κ2) is 8.33. The van der Waals surface area contributed by atoms with Gasteiger partial charge >= 0.3 is 27.3 Å². The van der Waals surface area contributed by atoms with Crippen molar-refractivity contribution in [2.45, 2.75) is 46.1 Å². The molecule has 0 spiro atoms. The number of hydrogen-bond donors (Lipinski definition) is 1. The van der Waals surface area contributed by atoms with Gasteiger partial charge < -0.3 is 20.6 Å². The number of nitrogens with one attached hydrogen (secondary N) is 1. The van der Waals surface area contributed by atoms with E-state index in [0.717, 1.165) is 13.0 Å². The molecule has 1 aliphatic rings. The Morgan fingerprint density at radius 2 is 1.26 bits per heavy atom. The Morgan fingerprint density at radius 3 is 1.68 bits per heavy atom. The van der Waals surface area contributed by atoms with Gasteiger partial charge in [-0.05, 0) is 45.7 Å². The summed E-state index contributed by atoms with van der Waals surface area (Å²) in [5.41, 5.74) is 0. The second-order valence-corrected chi connectivity index (χ2v) is 16.7. The lowest BCUT2D eigenvalue weighted by Crippen LogP contribution is -2.60. The first kappa shape index (κ1) is 17.9. The van der Waals surface area contributed by atoms with Gasteiger partial charge in [-0.2, -0.15) is 0 Å². The van der Waals surface area contributed by atoms with Gasteiger partial charge in [-0.3, -0.25) is 4.98 Å². The van der Waals surface area contributed by atoms with Gasteiger partial charge in [0.15, 0.2) is 0 Å². The third kappa shape index (κ3) is 6.90. The topological polar surface area (TPSA) is 58.2 Å². The molecule has 0 amide bonds. The third-order valence-electron chi connectivity index (χ3n) is 2.63. The zero-order valence-electron chi connectivity index (χ0n) is 12.8. The highest BCUT2D eigenvalue weighted by atomic mass is 28.5. The van der Waals surface area contributed by atoms with Crippen LogP contribution >= 0.6 is 0 Å². The van der Waals surface area contributed by atoms with E-state index in [1.165, 1.54) is 0 Å². The van der Waals surface area contributed by atoms with Crippen LogP contribution < -0.4 is 4.98 Å². The van der Waals surface area contributed by atoms with Crippen molar-refractivity contribution in [1.29, 1.82) is 0 Å². The summed E-state index contributed by atoms with van der Waals surface area (Å²) in [6.07, 6.45) is 1.06. The predicted octanol–water partition coefficient (Wildman–Crippen LogP) is 0.0525. The van der Waals surface area contributed by atoms with Crippen LogP contribution in [-0.4, -0.2) is 52.4 Å². The van der Waals surface area contributed by atoms with Crippen molar-refractivity contribution in [3.63, 3.8) is 0 Å². The first-order valence-electron chi connectivity index (χ1n) is 6.91. The summed E-state index contributed by atoms with van der Waals surface area (Å²) in [5, 5.41) is 0. The maximum Gasteiger partial charge on any atom is 0.403 e. The van der Waals surface area contributed by atoms with Crippen LogP contribution in [0.5, 0.6) is 0 Å². The van der Waals surface area contributed by atoms with Gasteiger partial charge in [-0.15, -0.1) is 0 Å². The van der Waals surface area contributed by atoms with Crippen LogP contribution in [0.25, 0.3) is 0 Å². The average molecular weight is 358 g/mol. The maximum absolute atomic E-state index is 6.14. The van der Waals surface area contributed by atoms with E-state index in [-0.39, 0.29) is 0 Å². The fourth-order valence-electron chi connectivity index (χ4n) is 2.03. The van der Waals surface area contributed by atoms with Gasteiger partial charge in [-0.25, -0.2) is 0 Å². The molecule has 19 heavy (non-hydrogen) atoms. The summed E-state index contributed by atoms with van der Waals surface area (Å²) in [6.45, 7) is 13.3. The Bertz CT molecular complexity index is 258. The highest BCUT2D eigenvalue weighted by molar-refractivity contribution is 6.79. The van der Waals surface area contributed by atoms with Crippen molar-refractivity contribution >= 4 is 45.9 Å². The first-order chi connectivity index (χ1) is 8.84. The van der Waals surface area contributed by atoms with Crippen LogP contribution in [-0.2, 0) is 20.6 Å². The predicted molar refractivity (Wildman–Crippen MR) is 87.4 cm³/mol. The monoisotopic (exact) mass is 357 g/mol. The molecule has 1 saturated heterocycles. The van der Waals surface area contributed by atoms with Crippen molar-refractivity contribution in [3.8, 4) is 0 Å². The molecule has 1 N–H and O–H groups in total. The van der Waals surface area contributed by atoms with E-state index < -0.39 is 45.9 Å². The number of hydrogen-bond acceptors (Lipinski definition) is 6. The maximum atomic E-state index is 6.14. The molecule has 11 heteroatoms. The summed E-state index contributed by atoms with van der Waals surface area (Å²) in [6, 6.07) is 0. The van der Waals surface area contributed by atoms with Crippen LogP contribution in [0.1, 0.15) is 13.3 Å². The standard InChI is InChI=1S/C8H27NO5Si5/c1-7-8-9-19(6)13-17(4)11-15(2)10-16(3)12-18(5)14-19/h9,15-18H,7-8H2,1-6H3. The molecule has 0 aromatic carbocycles. The van der Waals surface area contributed by atoms with Crippen molar-refractivity contribution in [2.75, 3.05) is 6.54 Å². The van der Waals surface area contributed by atoms with Crippen LogP contribution in [0.2, 0.25) is 32.7 Å². The molecule has 0 saturated carbocycles. The van der Waals surface area contributed by atoms with Gasteiger partial charge in [0, 0.05) is 0 Å². The molecule has 1 fully saturated rings. The minimum Gasteiger partial charge on any atom is -0.420 e. The smallest absolute Gasteiger partial charge is 0.403 e. The Kier molecular flexibility index (Phi) is 7.84. The Morgan fingerprint density at radius 1 is 0.842 bits per heavy atom. The quantitative estimate of drug-likeness (QED) is 0.721. The lowest BCUT2D eigenvalue weighted by Gasteiger charge is -2.36. The zero-order valence-corrected chi connectivity index (χ0v) is 18.4. The van der Waals surface area contributed by atoms with Crippen molar-refractivity contribution < 1.29 is 20.6 Å². The number of rotatable bonds is 3. The van der Waals surface area contributed by atoms with Crippen LogP contribution in [0.3, 0.4) is 0 Å². The Hall–Kier alpha value is 0.844. The molecule has 114 valence electrons. The molecule has 4 unspecified atom stereocenters. The molecule has 0 aliphatic carbocycles. The summed E-state index contributed by atoms with van der Waals surface area (Å²) in [7, 11) is -8.99. The SMILES string of the molecule is CCCN[Si]1(C)O[SiH](C)O[SiH](C)O[SiH](C)O[SiH](C)O1. The highest BCUT2D eigenvalue weighted by Crippen LogP contribution is 2.13. The van der Waals surface area contributed by atoms with Gasteiger partial charge in [0.25, 0.3) is 18.6 Å². The average Bonchev–Trinajstić information content (AvgIpc) is 2.23.